The lowest BCUT2D eigenvalue weighted by atomic mass is 10.2. The summed E-state index contributed by atoms with van der Waals surface area (Å²) in [4.78, 5) is 14.1. The van der Waals surface area contributed by atoms with E-state index in [2.05, 4.69) is 29.4 Å². The lowest BCUT2D eigenvalue weighted by Gasteiger charge is -2.18. The van der Waals surface area contributed by atoms with Crippen molar-refractivity contribution in [3.05, 3.63) is 65.2 Å². The number of benzene rings is 1. The van der Waals surface area contributed by atoms with Crippen LogP contribution >= 0.6 is 0 Å². The number of aryl methyl sites for hydroxylation is 2. The average Bonchev–Trinajstić information content (AvgIpc) is 3.30. The van der Waals surface area contributed by atoms with Crippen molar-refractivity contribution in [2.45, 2.75) is 40.3 Å². The van der Waals surface area contributed by atoms with Gasteiger partial charge in [-0.05, 0) is 56.5 Å². The molecule has 2 aromatic heterocycles. The van der Waals surface area contributed by atoms with Crippen molar-refractivity contribution >= 4 is 6.03 Å². The van der Waals surface area contributed by atoms with Crippen LogP contribution in [0.2, 0.25) is 0 Å². The van der Waals surface area contributed by atoms with Crippen LogP contribution in [0.25, 0.3) is 5.69 Å². The molecule has 0 aliphatic carbocycles. The predicted molar refractivity (Wildman–Crippen MR) is 109 cm³/mol. The summed E-state index contributed by atoms with van der Waals surface area (Å²) in [6.45, 7) is 8.16. The molecule has 0 aliphatic rings. The summed E-state index contributed by atoms with van der Waals surface area (Å²) >= 11 is 0. The van der Waals surface area contributed by atoms with Gasteiger partial charge in [0.1, 0.15) is 0 Å². The van der Waals surface area contributed by atoms with Crippen molar-refractivity contribution in [2.75, 3.05) is 13.6 Å². The monoisotopic (exact) mass is 380 g/mol. The third-order valence-electron chi connectivity index (χ3n) is 5.01. The number of carbonyl (C=O) groups is 1. The van der Waals surface area contributed by atoms with Crippen LogP contribution in [0.5, 0.6) is 0 Å². The number of carbonyl (C=O) groups excluding carboxylic acids is 1. The number of hydrogen-bond acceptors (Lipinski definition) is 3. The van der Waals surface area contributed by atoms with Crippen molar-refractivity contribution in [3.63, 3.8) is 0 Å². The van der Waals surface area contributed by atoms with Crippen molar-refractivity contribution in [2.24, 2.45) is 0 Å². The molecule has 3 rings (SSSR count). The fraction of sp³-hybridized carbons (Fsp3) is 0.381. The summed E-state index contributed by atoms with van der Waals surface area (Å²) in [5.74, 6) is 0. The van der Waals surface area contributed by atoms with Crippen molar-refractivity contribution in [3.8, 4) is 5.69 Å². The second-order valence-electron chi connectivity index (χ2n) is 7.08. The molecular formula is C21H28N6O. The highest BCUT2D eigenvalue weighted by molar-refractivity contribution is 5.73. The first-order valence-electron chi connectivity index (χ1n) is 9.54. The summed E-state index contributed by atoms with van der Waals surface area (Å²) in [5.41, 5.74) is 5.54. The van der Waals surface area contributed by atoms with E-state index in [-0.39, 0.29) is 6.03 Å². The van der Waals surface area contributed by atoms with Crippen molar-refractivity contribution in [1.82, 2.24) is 29.8 Å². The lowest BCUT2D eigenvalue weighted by Crippen LogP contribution is -2.37. The van der Waals surface area contributed by atoms with Gasteiger partial charge < -0.3 is 10.2 Å². The quantitative estimate of drug-likeness (QED) is 0.640. The summed E-state index contributed by atoms with van der Waals surface area (Å²) in [6.07, 6.45) is 4.50. The SMILES string of the molecule is Cc1nn(CCCNC(=O)N(C)Cc2cccc(-n3cccn3)c2)c(C)c1C. The van der Waals surface area contributed by atoms with Gasteiger partial charge >= 0.3 is 6.03 Å². The molecule has 0 unspecified atom stereocenters. The molecule has 7 heteroatoms. The maximum absolute atomic E-state index is 12.4. The summed E-state index contributed by atoms with van der Waals surface area (Å²) in [6, 6.07) is 9.85. The highest BCUT2D eigenvalue weighted by Crippen LogP contribution is 2.12. The fourth-order valence-electron chi connectivity index (χ4n) is 3.13. The molecule has 0 radical (unpaired) electrons. The molecule has 1 N–H and O–H groups in total. The standard InChI is InChI=1S/C21H28N6O/c1-16-17(2)24-26(18(16)3)12-6-10-22-21(28)25(4)15-19-8-5-9-20(14-19)27-13-7-11-23-27/h5,7-9,11,13-14H,6,10,12,15H2,1-4H3,(H,22,28). The van der Waals surface area contributed by atoms with Gasteiger partial charge in [-0.1, -0.05) is 12.1 Å². The zero-order valence-electron chi connectivity index (χ0n) is 17.0. The van der Waals surface area contributed by atoms with Crippen LogP contribution in [0.4, 0.5) is 4.79 Å². The molecule has 0 spiro atoms. The Bertz CT molecular complexity index is 929. The third-order valence-corrected chi connectivity index (χ3v) is 5.01. The molecule has 0 aliphatic heterocycles. The van der Waals surface area contributed by atoms with E-state index in [9.17, 15) is 4.79 Å². The molecular weight excluding hydrogens is 352 g/mol. The molecule has 2 amide bonds. The first kappa shape index (κ1) is 19.7. The molecule has 0 fully saturated rings. The highest BCUT2D eigenvalue weighted by Gasteiger charge is 2.10. The van der Waals surface area contributed by atoms with Gasteiger partial charge in [-0.15, -0.1) is 0 Å². The van der Waals surface area contributed by atoms with Crippen LogP contribution in [-0.4, -0.2) is 44.1 Å². The number of urea groups is 1. The number of nitrogens with zero attached hydrogens (tertiary/aromatic N) is 5. The molecule has 28 heavy (non-hydrogen) atoms. The summed E-state index contributed by atoms with van der Waals surface area (Å²) in [5, 5.41) is 11.8. The van der Waals surface area contributed by atoms with Gasteiger partial charge in [0.15, 0.2) is 0 Å². The molecule has 0 saturated carbocycles. The Labute approximate surface area is 166 Å². The maximum Gasteiger partial charge on any atom is 0.317 e. The summed E-state index contributed by atoms with van der Waals surface area (Å²) < 4.78 is 3.82. The van der Waals surface area contributed by atoms with E-state index in [1.54, 1.807) is 18.1 Å². The number of hydrogen-bond donors (Lipinski definition) is 1. The number of rotatable bonds is 7. The molecule has 0 atom stereocenters. The second-order valence-corrected chi connectivity index (χ2v) is 7.08. The van der Waals surface area contributed by atoms with Gasteiger partial charge in [0.05, 0.1) is 11.4 Å². The molecule has 2 heterocycles. The van der Waals surface area contributed by atoms with Crippen LogP contribution in [0.15, 0.2) is 42.7 Å². The minimum Gasteiger partial charge on any atom is -0.338 e. The predicted octanol–water partition coefficient (Wildman–Crippen LogP) is 3.23. The Morgan fingerprint density at radius 3 is 2.71 bits per heavy atom. The van der Waals surface area contributed by atoms with E-state index in [0.717, 1.165) is 29.9 Å². The second kappa shape index (κ2) is 8.73. The number of nitrogens with one attached hydrogen (secondary N) is 1. The molecule has 148 valence electrons. The maximum atomic E-state index is 12.4. The number of amides is 2. The molecule has 7 nitrogen and oxygen atoms in total. The van der Waals surface area contributed by atoms with Gasteiger partial charge in [0.25, 0.3) is 0 Å². The molecule has 3 aromatic rings. The smallest absolute Gasteiger partial charge is 0.317 e. The highest BCUT2D eigenvalue weighted by atomic mass is 16.2. The average molecular weight is 380 g/mol. The summed E-state index contributed by atoms with van der Waals surface area (Å²) in [7, 11) is 1.81. The Hall–Kier alpha value is -3.09. The van der Waals surface area contributed by atoms with E-state index in [0.29, 0.717) is 13.1 Å². The van der Waals surface area contributed by atoms with E-state index in [1.807, 2.05) is 52.8 Å². The van der Waals surface area contributed by atoms with Gasteiger partial charge in [-0.2, -0.15) is 10.2 Å². The molecule has 1 aromatic carbocycles. The van der Waals surface area contributed by atoms with Crippen molar-refractivity contribution in [1.29, 1.82) is 0 Å². The van der Waals surface area contributed by atoms with Crippen LogP contribution < -0.4 is 5.32 Å². The van der Waals surface area contributed by atoms with Gasteiger partial charge in [-0.3, -0.25) is 4.68 Å². The first-order chi connectivity index (χ1) is 13.5. The zero-order chi connectivity index (χ0) is 20.1. The van der Waals surface area contributed by atoms with E-state index >= 15 is 0 Å². The third kappa shape index (κ3) is 4.60. The zero-order valence-corrected chi connectivity index (χ0v) is 17.0. The van der Waals surface area contributed by atoms with Crippen LogP contribution in [0, 0.1) is 20.8 Å². The molecule has 0 bridgehead atoms. The van der Waals surface area contributed by atoms with Crippen LogP contribution in [-0.2, 0) is 13.1 Å². The van der Waals surface area contributed by atoms with Gasteiger partial charge in [-0.25, -0.2) is 9.48 Å². The minimum atomic E-state index is -0.0750. The first-order valence-corrected chi connectivity index (χ1v) is 9.54. The van der Waals surface area contributed by atoms with Crippen molar-refractivity contribution < 1.29 is 4.79 Å². The fourth-order valence-corrected chi connectivity index (χ4v) is 3.13. The normalized spacial score (nSPS) is 10.9. The van der Waals surface area contributed by atoms with E-state index in [1.165, 1.54) is 11.3 Å². The Morgan fingerprint density at radius 2 is 2.04 bits per heavy atom. The van der Waals surface area contributed by atoms with Gasteiger partial charge in [0.2, 0.25) is 0 Å². The van der Waals surface area contributed by atoms with E-state index < -0.39 is 0 Å². The lowest BCUT2D eigenvalue weighted by molar-refractivity contribution is 0.206. The van der Waals surface area contributed by atoms with Crippen LogP contribution in [0.3, 0.4) is 0 Å². The minimum absolute atomic E-state index is 0.0750. The Kier molecular flexibility index (Phi) is 6.13. The Morgan fingerprint density at radius 1 is 1.21 bits per heavy atom. The largest absolute Gasteiger partial charge is 0.338 e. The Balaban J connectivity index is 1.47. The van der Waals surface area contributed by atoms with Gasteiger partial charge in [0, 0.05) is 44.8 Å². The van der Waals surface area contributed by atoms with Crippen LogP contribution in [0.1, 0.15) is 28.9 Å². The number of aromatic nitrogens is 4. The molecule has 0 saturated heterocycles. The van der Waals surface area contributed by atoms with E-state index in [4.69, 9.17) is 0 Å². The topological polar surface area (TPSA) is 68.0 Å².